The fourth-order valence-corrected chi connectivity index (χ4v) is 3.12. The van der Waals surface area contributed by atoms with Crippen LogP contribution in [0.25, 0.3) is 0 Å². The minimum Gasteiger partial charge on any atom is -0.381 e. The van der Waals surface area contributed by atoms with Gasteiger partial charge in [0.1, 0.15) is 0 Å². The van der Waals surface area contributed by atoms with E-state index in [2.05, 4.69) is 16.0 Å². The highest BCUT2D eigenvalue weighted by molar-refractivity contribution is 5.86. The monoisotopic (exact) mass is 340 g/mol. The molecule has 0 spiro atoms. The van der Waals surface area contributed by atoms with Crippen LogP contribution in [-0.2, 0) is 16.1 Å². The predicted octanol–water partition coefficient (Wildman–Crippen LogP) is 0.655. The van der Waals surface area contributed by atoms with Gasteiger partial charge in [-0.1, -0.05) is 6.07 Å². The van der Waals surface area contributed by atoms with Gasteiger partial charge in [-0.2, -0.15) is 0 Å². The lowest BCUT2D eigenvalue weighted by molar-refractivity contribution is -0.142. The Morgan fingerprint density at radius 2 is 1.96 bits per heavy atom. The largest absolute Gasteiger partial charge is 0.381 e. The molecule has 6 nitrogen and oxygen atoms in total. The fourth-order valence-electron chi connectivity index (χ4n) is 3.12. The van der Waals surface area contributed by atoms with Gasteiger partial charge < -0.3 is 15.4 Å². The van der Waals surface area contributed by atoms with E-state index in [9.17, 15) is 4.79 Å². The number of hydrogen-bond donors (Lipinski definition) is 1. The first kappa shape index (κ1) is 18.1. The number of pyridine rings is 1. The van der Waals surface area contributed by atoms with Gasteiger partial charge >= 0.3 is 0 Å². The van der Waals surface area contributed by atoms with Crippen LogP contribution < -0.4 is 5.73 Å². The second-order valence-corrected chi connectivity index (χ2v) is 6.20. The molecular formula is C16H25ClN4O2. The average molecular weight is 341 g/mol. The van der Waals surface area contributed by atoms with E-state index in [0.717, 1.165) is 32.7 Å². The Kier molecular flexibility index (Phi) is 6.35. The topological polar surface area (TPSA) is 71.7 Å². The van der Waals surface area contributed by atoms with Crippen molar-refractivity contribution >= 4 is 18.3 Å². The van der Waals surface area contributed by atoms with Crippen molar-refractivity contribution in [2.45, 2.75) is 24.9 Å². The normalized spacial score (nSPS) is 21.5. The summed E-state index contributed by atoms with van der Waals surface area (Å²) in [5.41, 5.74) is 6.79. The van der Waals surface area contributed by atoms with Crippen LogP contribution in [0.15, 0.2) is 24.5 Å². The minimum absolute atomic E-state index is 0. The summed E-state index contributed by atoms with van der Waals surface area (Å²) in [6.45, 7) is 5.32. The van der Waals surface area contributed by atoms with Crippen molar-refractivity contribution in [3.05, 3.63) is 30.1 Å². The summed E-state index contributed by atoms with van der Waals surface area (Å²) in [4.78, 5) is 21.1. The lowest BCUT2D eigenvalue weighted by atomic mass is 9.89. The highest BCUT2D eigenvalue weighted by Crippen LogP contribution is 2.21. The zero-order chi connectivity index (χ0) is 15.4. The Morgan fingerprint density at radius 1 is 1.26 bits per heavy atom. The molecule has 1 amide bonds. The first-order valence-corrected chi connectivity index (χ1v) is 7.95. The lowest BCUT2D eigenvalue weighted by Gasteiger charge is -2.40. The zero-order valence-corrected chi connectivity index (χ0v) is 14.1. The van der Waals surface area contributed by atoms with Gasteiger partial charge in [0.05, 0.1) is 5.54 Å². The molecule has 0 aliphatic carbocycles. The molecule has 0 radical (unpaired) electrons. The maximum absolute atomic E-state index is 12.7. The van der Waals surface area contributed by atoms with Gasteiger partial charge in [0, 0.05) is 58.3 Å². The minimum atomic E-state index is -0.718. The van der Waals surface area contributed by atoms with Gasteiger partial charge in [0.25, 0.3) is 0 Å². The van der Waals surface area contributed by atoms with Crippen LogP contribution in [0.5, 0.6) is 0 Å². The van der Waals surface area contributed by atoms with Crippen molar-refractivity contribution in [1.82, 2.24) is 14.8 Å². The van der Waals surface area contributed by atoms with Crippen molar-refractivity contribution in [3.63, 3.8) is 0 Å². The second-order valence-electron chi connectivity index (χ2n) is 6.20. The Labute approximate surface area is 143 Å². The summed E-state index contributed by atoms with van der Waals surface area (Å²) in [5.74, 6) is 0.0943. The van der Waals surface area contributed by atoms with Gasteiger partial charge in [0.15, 0.2) is 0 Å². The summed E-state index contributed by atoms with van der Waals surface area (Å²) >= 11 is 0. The third-order valence-electron chi connectivity index (χ3n) is 4.60. The third-order valence-corrected chi connectivity index (χ3v) is 4.60. The van der Waals surface area contributed by atoms with Crippen molar-refractivity contribution in [2.24, 2.45) is 5.73 Å². The van der Waals surface area contributed by atoms with E-state index in [1.54, 1.807) is 6.20 Å². The molecule has 0 unspecified atom stereocenters. The molecule has 0 saturated carbocycles. The highest BCUT2D eigenvalue weighted by Gasteiger charge is 2.39. The van der Waals surface area contributed by atoms with Crippen molar-refractivity contribution in [1.29, 1.82) is 0 Å². The molecule has 2 fully saturated rings. The Hall–Kier alpha value is -1.21. The number of rotatable bonds is 3. The molecule has 0 aromatic carbocycles. The van der Waals surface area contributed by atoms with E-state index in [-0.39, 0.29) is 18.3 Å². The Bertz CT molecular complexity index is 500. The van der Waals surface area contributed by atoms with Crippen molar-refractivity contribution < 1.29 is 9.53 Å². The van der Waals surface area contributed by atoms with E-state index < -0.39 is 5.54 Å². The summed E-state index contributed by atoms with van der Waals surface area (Å²) in [7, 11) is 0. The number of piperazine rings is 1. The number of ether oxygens (including phenoxy) is 1. The van der Waals surface area contributed by atoms with Crippen LogP contribution in [0.4, 0.5) is 0 Å². The van der Waals surface area contributed by atoms with E-state index in [4.69, 9.17) is 10.5 Å². The molecule has 1 aromatic heterocycles. The second kappa shape index (κ2) is 8.06. The molecule has 128 valence electrons. The van der Waals surface area contributed by atoms with Crippen molar-refractivity contribution in [2.75, 3.05) is 39.4 Å². The molecule has 3 heterocycles. The van der Waals surface area contributed by atoms with Crippen LogP contribution in [0.3, 0.4) is 0 Å². The molecule has 23 heavy (non-hydrogen) atoms. The Balaban J connectivity index is 0.00000192. The molecule has 3 rings (SSSR count). The number of carbonyl (C=O) groups is 1. The van der Waals surface area contributed by atoms with Gasteiger partial charge in [0.2, 0.25) is 5.91 Å². The number of carbonyl (C=O) groups excluding carboxylic acids is 1. The fraction of sp³-hybridized carbons (Fsp3) is 0.625. The summed E-state index contributed by atoms with van der Waals surface area (Å²) in [6.07, 6.45) is 4.94. The number of aromatic nitrogens is 1. The Morgan fingerprint density at radius 3 is 2.57 bits per heavy atom. The standard InChI is InChI=1S/C16H24N4O2.ClH/c17-16(3-10-22-11-4-16)15(21)20-8-6-19(7-9-20)13-14-2-1-5-18-12-14;/h1-2,5,12H,3-4,6-11,13,17H2;1H. The van der Waals surface area contributed by atoms with E-state index in [0.29, 0.717) is 26.1 Å². The molecule has 2 saturated heterocycles. The van der Waals surface area contributed by atoms with E-state index >= 15 is 0 Å². The molecule has 0 bridgehead atoms. The number of halogens is 1. The number of amides is 1. The van der Waals surface area contributed by atoms with Crippen LogP contribution in [0.2, 0.25) is 0 Å². The predicted molar refractivity (Wildman–Crippen MR) is 90.3 cm³/mol. The third kappa shape index (κ3) is 4.41. The molecule has 2 aliphatic rings. The molecule has 7 heteroatoms. The number of nitrogens with zero attached hydrogens (tertiary/aromatic N) is 3. The van der Waals surface area contributed by atoms with Gasteiger partial charge in [-0.25, -0.2) is 0 Å². The number of hydrogen-bond acceptors (Lipinski definition) is 5. The highest BCUT2D eigenvalue weighted by atomic mass is 35.5. The number of nitrogens with two attached hydrogens (primary N) is 1. The van der Waals surface area contributed by atoms with Gasteiger partial charge in [-0.05, 0) is 24.5 Å². The van der Waals surface area contributed by atoms with Crippen LogP contribution in [0, 0.1) is 0 Å². The first-order chi connectivity index (χ1) is 10.7. The van der Waals surface area contributed by atoms with Crippen LogP contribution in [0.1, 0.15) is 18.4 Å². The summed E-state index contributed by atoms with van der Waals surface area (Å²) < 4.78 is 5.32. The molecule has 2 aliphatic heterocycles. The first-order valence-electron chi connectivity index (χ1n) is 7.95. The lowest BCUT2D eigenvalue weighted by Crippen LogP contribution is -2.61. The van der Waals surface area contributed by atoms with Gasteiger partial charge in [-0.15, -0.1) is 12.4 Å². The SMILES string of the molecule is Cl.NC1(C(=O)N2CCN(Cc3cccnc3)CC2)CCOCC1. The smallest absolute Gasteiger partial charge is 0.242 e. The van der Waals surface area contributed by atoms with Crippen LogP contribution in [-0.4, -0.2) is 65.6 Å². The van der Waals surface area contributed by atoms with E-state index in [1.807, 2.05) is 17.2 Å². The van der Waals surface area contributed by atoms with Crippen LogP contribution >= 0.6 is 12.4 Å². The zero-order valence-electron chi connectivity index (χ0n) is 13.3. The summed E-state index contributed by atoms with van der Waals surface area (Å²) in [5, 5.41) is 0. The average Bonchev–Trinajstić information content (AvgIpc) is 2.56. The van der Waals surface area contributed by atoms with Gasteiger partial charge in [-0.3, -0.25) is 14.7 Å². The van der Waals surface area contributed by atoms with E-state index in [1.165, 1.54) is 5.56 Å². The molecule has 0 atom stereocenters. The summed E-state index contributed by atoms with van der Waals surface area (Å²) in [6, 6.07) is 4.04. The maximum atomic E-state index is 12.7. The maximum Gasteiger partial charge on any atom is 0.242 e. The molecular weight excluding hydrogens is 316 g/mol. The van der Waals surface area contributed by atoms with Crippen molar-refractivity contribution in [3.8, 4) is 0 Å². The molecule has 1 aromatic rings. The quantitative estimate of drug-likeness (QED) is 0.875. The molecule has 2 N–H and O–H groups in total.